The smallest absolute Gasteiger partial charge is 0.233 e. The molecular weight excluding hydrogens is 1080 g/mol. The lowest BCUT2D eigenvalue weighted by molar-refractivity contribution is 0.866. The molecule has 0 aliphatic rings. The first-order valence-corrected chi connectivity index (χ1v) is 25.5. The van der Waals surface area contributed by atoms with E-state index < -0.39 is 0 Å². The molecule has 0 saturated heterocycles. The van der Waals surface area contributed by atoms with E-state index >= 15 is 0 Å². The van der Waals surface area contributed by atoms with Crippen LogP contribution in [0, 0.1) is 0 Å². The Bertz CT molecular complexity index is 3130. The summed E-state index contributed by atoms with van der Waals surface area (Å²) in [4.78, 5) is 54.6. The van der Waals surface area contributed by atoms with Gasteiger partial charge in [0, 0.05) is 93.7 Å². The summed E-state index contributed by atoms with van der Waals surface area (Å²) in [6, 6.07) is 30.6. The third kappa shape index (κ3) is 22.1. The summed E-state index contributed by atoms with van der Waals surface area (Å²) < 4.78 is 0. The van der Waals surface area contributed by atoms with Crippen molar-refractivity contribution in [3.8, 4) is 0 Å². The topological polar surface area (TPSA) is 329 Å². The van der Waals surface area contributed by atoms with Gasteiger partial charge >= 0.3 is 0 Å². The summed E-state index contributed by atoms with van der Waals surface area (Å²) in [6.45, 7) is 5.98. The van der Waals surface area contributed by atoms with Gasteiger partial charge in [-0.15, -0.1) is 0 Å². The first kappa shape index (κ1) is 60.5. The molecule has 4 heterocycles. The minimum absolute atomic E-state index is 0.165. The molecule has 24 nitrogen and oxygen atoms in total. The number of nitrogens with two attached hydrogens (primary N) is 4. The van der Waals surface area contributed by atoms with Crippen LogP contribution in [0.4, 0.5) is 77.1 Å². The fourth-order valence-corrected chi connectivity index (χ4v) is 6.99. The lowest BCUT2D eigenvalue weighted by atomic mass is 10.1. The van der Waals surface area contributed by atoms with Crippen molar-refractivity contribution in [3.63, 3.8) is 0 Å². The molecule has 0 fully saturated rings. The molecule has 4 aromatic carbocycles. The van der Waals surface area contributed by atoms with Crippen molar-refractivity contribution < 1.29 is 0 Å². The minimum atomic E-state index is 0.165. The van der Waals surface area contributed by atoms with E-state index in [-0.39, 0.29) is 29.8 Å². The van der Waals surface area contributed by atoms with E-state index in [1.807, 2.05) is 141 Å². The zero-order valence-corrected chi connectivity index (χ0v) is 47.4. The Morgan fingerprint density at radius 2 is 0.808 bits per heavy atom. The summed E-state index contributed by atoms with van der Waals surface area (Å²) in [5.41, 5.74) is 26.8. The van der Waals surface area contributed by atoms with Crippen molar-refractivity contribution in [3.05, 3.63) is 134 Å². The van der Waals surface area contributed by atoms with Crippen LogP contribution in [-0.2, 0) is 19.4 Å². The zero-order valence-electron chi connectivity index (χ0n) is 44.4. The number of nitrogens with zero attached hydrogens (tertiary/aromatic N) is 15. The lowest BCUT2D eigenvalue weighted by Crippen LogP contribution is -2.17. The second-order valence-electron chi connectivity index (χ2n) is 17.5. The van der Waals surface area contributed by atoms with Gasteiger partial charge in [-0.1, -0.05) is 88.9 Å². The first-order chi connectivity index (χ1) is 37.2. The standard InChI is InChI=1S/C14H19ClN6.C13H17ClN6.C12H15ClN6.C11H13ClN6/c1-9(2)18-14-20-12(16)19-13(21-14)17-7-6-10-4-3-5-11(15)8-10;1-20(2)13-18-11(15)17-12(19-13)16-7-6-9-4-3-5-10(14)8-9;1-19(2)12-17-10(14)16-11(18-12)15-7-8-3-5-9(13)6-4-8;1-18(2)11-16-9(13)15-10(17-11)14-8-5-3-4-7(12)6-8/h3-5,8-9H,6-7H2,1-2H3,(H4,16,17,18,19,20,21);3-5,8H,6-7H2,1-2H3,(H3,15,16,17,18,19);3-6H,7H2,1-2H3,(H3,14,15,16,17,18);3-6H,1-2H3,(H3,13,14,15,16,17). The molecule has 4 aromatic heterocycles. The van der Waals surface area contributed by atoms with Crippen LogP contribution in [0.15, 0.2) is 97.1 Å². The molecule has 0 amide bonds. The lowest BCUT2D eigenvalue weighted by Gasteiger charge is -2.12. The van der Waals surface area contributed by atoms with Crippen LogP contribution in [0.2, 0.25) is 20.1 Å². The Hall–Kier alpha value is -8.32. The molecule has 0 unspecified atom stereocenters. The number of hydrogen-bond acceptors (Lipinski definition) is 24. The molecule has 0 saturated carbocycles. The van der Waals surface area contributed by atoms with Crippen molar-refractivity contribution >= 4 is 123 Å². The first-order valence-electron chi connectivity index (χ1n) is 24.0. The van der Waals surface area contributed by atoms with Crippen molar-refractivity contribution in [1.29, 1.82) is 0 Å². The number of hydrogen-bond donors (Lipinski definition) is 9. The molecular formula is C50H64Cl4N24. The van der Waals surface area contributed by atoms with Gasteiger partial charge in [0.25, 0.3) is 0 Å². The van der Waals surface area contributed by atoms with Gasteiger partial charge in [-0.05, 0) is 98.0 Å². The van der Waals surface area contributed by atoms with Crippen LogP contribution >= 0.6 is 46.4 Å². The van der Waals surface area contributed by atoms with Crippen LogP contribution in [0.3, 0.4) is 0 Å². The number of anilines is 13. The van der Waals surface area contributed by atoms with Gasteiger partial charge in [0.05, 0.1) is 0 Å². The summed E-state index contributed by atoms with van der Waals surface area (Å²) in [5, 5.41) is 18.3. The van der Waals surface area contributed by atoms with E-state index in [4.69, 9.17) is 69.3 Å². The average molecular weight is 1140 g/mol. The van der Waals surface area contributed by atoms with Gasteiger partial charge in [-0.3, -0.25) is 0 Å². The Kier molecular flexibility index (Phi) is 23.6. The molecule has 0 radical (unpaired) electrons. The second kappa shape index (κ2) is 30.4. The third-order valence-corrected chi connectivity index (χ3v) is 10.8. The maximum Gasteiger partial charge on any atom is 0.233 e. The monoisotopic (exact) mass is 1140 g/mol. The normalized spacial score (nSPS) is 10.4. The second-order valence-corrected chi connectivity index (χ2v) is 19.2. The van der Waals surface area contributed by atoms with E-state index in [1.54, 1.807) is 26.8 Å². The van der Waals surface area contributed by atoms with Gasteiger partial charge in [-0.2, -0.15) is 59.8 Å². The average Bonchev–Trinajstić information content (AvgIpc) is 3.36. The zero-order chi connectivity index (χ0) is 56.7. The molecule has 0 aliphatic carbocycles. The Morgan fingerprint density at radius 1 is 0.410 bits per heavy atom. The molecule has 412 valence electrons. The maximum absolute atomic E-state index is 5.95. The van der Waals surface area contributed by atoms with E-state index in [1.165, 1.54) is 0 Å². The number of aromatic nitrogens is 12. The number of rotatable bonds is 18. The van der Waals surface area contributed by atoms with Crippen LogP contribution in [0.25, 0.3) is 0 Å². The van der Waals surface area contributed by atoms with Crippen LogP contribution < -0.4 is 64.2 Å². The van der Waals surface area contributed by atoms with Gasteiger partial charge in [0.1, 0.15) is 0 Å². The highest BCUT2D eigenvalue weighted by molar-refractivity contribution is 6.31. The number of halogens is 4. The van der Waals surface area contributed by atoms with Crippen LogP contribution in [0.1, 0.15) is 30.5 Å². The predicted molar refractivity (Wildman–Crippen MR) is 320 cm³/mol. The highest BCUT2D eigenvalue weighted by atomic mass is 35.5. The minimum Gasteiger partial charge on any atom is -0.368 e. The highest BCUT2D eigenvalue weighted by Gasteiger charge is 2.10. The number of benzene rings is 4. The summed E-state index contributed by atoms with van der Waals surface area (Å²) in [5.74, 6) is 4.54. The molecule has 0 bridgehead atoms. The van der Waals surface area contributed by atoms with Crippen molar-refractivity contribution in [2.24, 2.45) is 0 Å². The third-order valence-electron chi connectivity index (χ3n) is 9.81. The van der Waals surface area contributed by atoms with E-state index in [0.29, 0.717) is 77.3 Å². The number of nitrogen functional groups attached to an aromatic ring is 4. The Balaban J connectivity index is 0.000000192. The number of nitrogens with one attached hydrogen (secondary N) is 5. The summed E-state index contributed by atoms with van der Waals surface area (Å²) in [6.07, 6.45) is 1.64. The van der Waals surface area contributed by atoms with Crippen molar-refractivity contribution in [1.82, 2.24) is 59.8 Å². The van der Waals surface area contributed by atoms with Crippen molar-refractivity contribution in [2.75, 3.05) is 120 Å². The molecule has 78 heavy (non-hydrogen) atoms. The van der Waals surface area contributed by atoms with Crippen molar-refractivity contribution in [2.45, 2.75) is 39.3 Å². The van der Waals surface area contributed by atoms with Gasteiger partial charge in [0.15, 0.2) is 0 Å². The highest BCUT2D eigenvalue weighted by Crippen LogP contribution is 2.20. The fourth-order valence-electron chi connectivity index (χ4n) is 6.25. The Labute approximate surface area is 473 Å². The largest absolute Gasteiger partial charge is 0.368 e. The van der Waals surface area contributed by atoms with Gasteiger partial charge < -0.3 is 64.2 Å². The molecule has 0 spiro atoms. The maximum atomic E-state index is 5.95. The van der Waals surface area contributed by atoms with Crippen LogP contribution in [0.5, 0.6) is 0 Å². The van der Waals surface area contributed by atoms with E-state index in [0.717, 1.165) is 45.3 Å². The molecule has 13 N–H and O–H groups in total. The quantitative estimate of drug-likeness (QED) is 0.0391. The molecule has 28 heteroatoms. The fraction of sp³-hybridized carbons (Fsp3) is 0.280. The predicted octanol–water partition coefficient (Wildman–Crippen LogP) is 8.11. The van der Waals surface area contributed by atoms with Gasteiger partial charge in [0.2, 0.25) is 71.4 Å². The molecule has 0 aliphatic heterocycles. The summed E-state index contributed by atoms with van der Waals surface area (Å²) in [7, 11) is 11.1. The molecule has 0 atom stereocenters. The molecule has 8 rings (SSSR count). The Morgan fingerprint density at radius 3 is 1.26 bits per heavy atom. The van der Waals surface area contributed by atoms with E-state index in [2.05, 4.69) is 86.4 Å². The van der Waals surface area contributed by atoms with Gasteiger partial charge in [-0.25, -0.2) is 0 Å². The summed E-state index contributed by atoms with van der Waals surface area (Å²) >= 11 is 23.6. The van der Waals surface area contributed by atoms with E-state index in [9.17, 15) is 0 Å². The SMILES string of the molecule is CC(C)Nc1nc(N)nc(NCCc2cccc(Cl)c2)n1.CN(C)c1nc(N)nc(NCCc2cccc(Cl)c2)n1.CN(C)c1nc(N)nc(NCc2ccc(Cl)cc2)n1.CN(C)c1nc(N)nc(Nc2cccc(Cl)c2)n1. The molecule has 8 aromatic rings. The van der Waals surface area contributed by atoms with Crippen LogP contribution in [-0.4, -0.2) is 121 Å².